The molecule has 3 aromatic rings. The monoisotopic (exact) mass is 381 g/mol. The number of hydrogen-bond acceptors (Lipinski definition) is 5. The van der Waals surface area contributed by atoms with Crippen LogP contribution in [0.4, 0.5) is 4.39 Å². The Kier molecular flexibility index (Phi) is 6.51. The summed E-state index contributed by atoms with van der Waals surface area (Å²) in [6.45, 7) is 2.24. The maximum Gasteiger partial charge on any atom is 0.258 e. The molecule has 0 saturated carbocycles. The molecule has 144 valence electrons. The quantitative estimate of drug-likeness (QED) is 0.607. The van der Waals surface area contributed by atoms with E-state index < -0.39 is 5.82 Å². The molecule has 3 rings (SSSR count). The maximum absolute atomic E-state index is 13.4. The predicted molar refractivity (Wildman–Crippen MR) is 103 cm³/mol. The summed E-state index contributed by atoms with van der Waals surface area (Å²) in [7, 11) is 0. The largest absolute Gasteiger partial charge is 0.481 e. The number of nitrogens with zero attached hydrogens (tertiary/aromatic N) is 2. The van der Waals surface area contributed by atoms with Gasteiger partial charge in [0.2, 0.25) is 5.88 Å². The number of aryl methyl sites for hydroxylation is 1. The van der Waals surface area contributed by atoms with Crippen LogP contribution in [0.15, 0.2) is 60.7 Å². The van der Waals surface area contributed by atoms with Gasteiger partial charge >= 0.3 is 0 Å². The van der Waals surface area contributed by atoms with Crippen LogP contribution in [0.1, 0.15) is 5.56 Å². The van der Waals surface area contributed by atoms with Crippen LogP contribution in [0.3, 0.4) is 0 Å². The second kappa shape index (κ2) is 9.45. The molecule has 0 fully saturated rings. The lowest BCUT2D eigenvalue weighted by molar-refractivity contribution is -0.123. The van der Waals surface area contributed by atoms with Crippen LogP contribution >= 0.6 is 0 Å². The molecule has 1 aromatic heterocycles. The summed E-state index contributed by atoms with van der Waals surface area (Å²) < 4.78 is 24.0. The summed E-state index contributed by atoms with van der Waals surface area (Å²) >= 11 is 0. The van der Waals surface area contributed by atoms with Gasteiger partial charge < -0.3 is 14.8 Å². The molecule has 1 amide bonds. The molecule has 0 aliphatic heterocycles. The Morgan fingerprint density at radius 3 is 2.50 bits per heavy atom. The highest BCUT2D eigenvalue weighted by Crippen LogP contribution is 2.18. The molecule has 0 bridgehead atoms. The first-order valence-corrected chi connectivity index (χ1v) is 8.79. The number of benzene rings is 2. The van der Waals surface area contributed by atoms with Gasteiger partial charge in [-0.25, -0.2) is 4.39 Å². The van der Waals surface area contributed by atoms with Crippen LogP contribution in [0.5, 0.6) is 11.6 Å². The highest BCUT2D eigenvalue weighted by Gasteiger charge is 2.06. The number of amides is 1. The van der Waals surface area contributed by atoms with Crippen molar-refractivity contribution >= 4 is 5.91 Å². The third-order valence-electron chi connectivity index (χ3n) is 3.86. The minimum absolute atomic E-state index is 0.0397. The molecular formula is C21H20FN3O3. The molecule has 6 nitrogen and oxygen atoms in total. The number of para-hydroxylation sites is 1. The summed E-state index contributed by atoms with van der Waals surface area (Å²) in [5.74, 6) is -0.468. The average molecular weight is 381 g/mol. The summed E-state index contributed by atoms with van der Waals surface area (Å²) in [4.78, 5) is 11.7. The van der Waals surface area contributed by atoms with Gasteiger partial charge in [-0.15, -0.1) is 10.2 Å². The smallest absolute Gasteiger partial charge is 0.258 e. The SMILES string of the molecule is Cc1ccc(-c2ccc(OCCNC(=O)COc3ccccc3F)nn2)cc1. The third-order valence-corrected chi connectivity index (χ3v) is 3.86. The molecule has 0 radical (unpaired) electrons. The van der Waals surface area contributed by atoms with Crippen molar-refractivity contribution in [3.05, 3.63) is 72.0 Å². The number of nitrogens with one attached hydrogen (secondary N) is 1. The van der Waals surface area contributed by atoms with E-state index in [-0.39, 0.29) is 31.4 Å². The highest BCUT2D eigenvalue weighted by atomic mass is 19.1. The number of halogens is 1. The first kappa shape index (κ1) is 19.3. The van der Waals surface area contributed by atoms with Crippen LogP contribution in [-0.4, -0.2) is 35.9 Å². The Bertz CT molecular complexity index is 915. The molecule has 0 spiro atoms. The van der Waals surface area contributed by atoms with Gasteiger partial charge in [-0.1, -0.05) is 42.0 Å². The molecule has 7 heteroatoms. The van der Waals surface area contributed by atoms with Gasteiger partial charge in [0.25, 0.3) is 5.91 Å². The lowest BCUT2D eigenvalue weighted by Crippen LogP contribution is -2.32. The van der Waals surface area contributed by atoms with Gasteiger partial charge in [0.05, 0.1) is 12.2 Å². The Morgan fingerprint density at radius 2 is 1.79 bits per heavy atom. The predicted octanol–water partition coefficient (Wildman–Crippen LogP) is 3.17. The summed E-state index contributed by atoms with van der Waals surface area (Å²) in [5, 5.41) is 10.8. The number of aromatic nitrogens is 2. The van der Waals surface area contributed by atoms with Gasteiger partial charge in [0.15, 0.2) is 18.2 Å². The lowest BCUT2D eigenvalue weighted by atomic mass is 10.1. The van der Waals surface area contributed by atoms with Crippen molar-refractivity contribution in [3.8, 4) is 22.9 Å². The van der Waals surface area contributed by atoms with E-state index in [1.165, 1.54) is 17.7 Å². The van der Waals surface area contributed by atoms with Crippen LogP contribution in [0.2, 0.25) is 0 Å². The number of rotatable bonds is 8. The summed E-state index contributed by atoms with van der Waals surface area (Å²) in [5.41, 5.74) is 2.91. The van der Waals surface area contributed by atoms with Crippen molar-refractivity contribution in [2.24, 2.45) is 0 Å². The zero-order valence-corrected chi connectivity index (χ0v) is 15.4. The first-order chi connectivity index (χ1) is 13.6. The molecule has 0 saturated heterocycles. The fourth-order valence-electron chi connectivity index (χ4n) is 2.38. The standard InChI is InChI=1S/C21H20FN3O3/c1-15-6-8-16(9-7-15)18-10-11-21(25-24-18)27-13-12-23-20(26)14-28-19-5-3-2-4-17(19)22/h2-11H,12-14H2,1H3,(H,23,26). The zero-order chi connectivity index (χ0) is 19.8. The molecule has 1 heterocycles. The molecule has 0 atom stereocenters. The van der Waals surface area contributed by atoms with Crippen LogP contribution in [-0.2, 0) is 4.79 Å². The van der Waals surface area contributed by atoms with Crippen LogP contribution < -0.4 is 14.8 Å². The van der Waals surface area contributed by atoms with Crippen molar-refractivity contribution in [2.45, 2.75) is 6.92 Å². The number of carbonyl (C=O) groups excluding carboxylic acids is 1. The van der Waals surface area contributed by atoms with E-state index in [2.05, 4.69) is 15.5 Å². The van der Waals surface area contributed by atoms with E-state index in [4.69, 9.17) is 9.47 Å². The minimum Gasteiger partial charge on any atom is -0.481 e. The third kappa shape index (κ3) is 5.51. The minimum atomic E-state index is -0.508. The summed E-state index contributed by atoms with van der Waals surface area (Å²) in [6, 6.07) is 17.5. The van der Waals surface area contributed by atoms with Gasteiger partial charge in [-0.05, 0) is 25.1 Å². The van der Waals surface area contributed by atoms with E-state index in [1.807, 2.05) is 37.3 Å². The topological polar surface area (TPSA) is 73.3 Å². The van der Waals surface area contributed by atoms with Crippen molar-refractivity contribution < 1.29 is 18.7 Å². The van der Waals surface area contributed by atoms with E-state index in [0.717, 1.165) is 11.3 Å². The second-order valence-electron chi connectivity index (χ2n) is 6.04. The van der Waals surface area contributed by atoms with Crippen molar-refractivity contribution in [3.63, 3.8) is 0 Å². The fourth-order valence-corrected chi connectivity index (χ4v) is 2.38. The molecule has 1 N–H and O–H groups in total. The average Bonchev–Trinajstić information content (AvgIpc) is 2.72. The number of carbonyl (C=O) groups is 1. The fraction of sp³-hybridized carbons (Fsp3) is 0.190. The van der Waals surface area contributed by atoms with E-state index in [0.29, 0.717) is 5.88 Å². The molecular weight excluding hydrogens is 361 g/mol. The van der Waals surface area contributed by atoms with Crippen LogP contribution in [0, 0.1) is 12.7 Å². The van der Waals surface area contributed by atoms with Crippen molar-refractivity contribution in [1.82, 2.24) is 15.5 Å². The Hall–Kier alpha value is -3.48. The maximum atomic E-state index is 13.4. The Morgan fingerprint density at radius 1 is 1.00 bits per heavy atom. The Labute approximate surface area is 162 Å². The van der Waals surface area contributed by atoms with E-state index >= 15 is 0 Å². The zero-order valence-electron chi connectivity index (χ0n) is 15.4. The highest BCUT2D eigenvalue weighted by molar-refractivity contribution is 5.77. The lowest BCUT2D eigenvalue weighted by Gasteiger charge is -2.09. The molecule has 0 aliphatic carbocycles. The normalized spacial score (nSPS) is 10.4. The van der Waals surface area contributed by atoms with E-state index in [9.17, 15) is 9.18 Å². The number of hydrogen-bond donors (Lipinski definition) is 1. The van der Waals surface area contributed by atoms with Gasteiger partial charge in [0, 0.05) is 11.6 Å². The molecule has 0 aliphatic rings. The van der Waals surface area contributed by atoms with Crippen molar-refractivity contribution in [1.29, 1.82) is 0 Å². The number of ether oxygens (including phenoxy) is 2. The van der Waals surface area contributed by atoms with E-state index in [1.54, 1.807) is 18.2 Å². The van der Waals surface area contributed by atoms with Gasteiger partial charge in [-0.2, -0.15) is 0 Å². The molecule has 2 aromatic carbocycles. The molecule has 0 unspecified atom stereocenters. The van der Waals surface area contributed by atoms with Gasteiger partial charge in [-0.3, -0.25) is 4.79 Å². The van der Waals surface area contributed by atoms with Crippen molar-refractivity contribution in [2.75, 3.05) is 19.8 Å². The first-order valence-electron chi connectivity index (χ1n) is 8.79. The summed E-state index contributed by atoms with van der Waals surface area (Å²) in [6.07, 6.45) is 0. The van der Waals surface area contributed by atoms with Gasteiger partial charge in [0.1, 0.15) is 6.61 Å². The second-order valence-corrected chi connectivity index (χ2v) is 6.04. The Balaban J connectivity index is 1.38. The molecule has 28 heavy (non-hydrogen) atoms. The van der Waals surface area contributed by atoms with Crippen LogP contribution in [0.25, 0.3) is 11.3 Å².